The van der Waals surface area contributed by atoms with Crippen LogP contribution < -0.4 is 5.32 Å². The van der Waals surface area contributed by atoms with Crippen molar-refractivity contribution in [2.24, 2.45) is 35.5 Å². The van der Waals surface area contributed by atoms with Crippen LogP contribution in [0.5, 0.6) is 0 Å². The largest absolute Gasteiger partial charge is 0.454 e. The van der Waals surface area contributed by atoms with E-state index in [4.69, 9.17) is 4.74 Å². The van der Waals surface area contributed by atoms with Crippen LogP contribution in [-0.4, -0.2) is 41.2 Å². The molecule has 5 aliphatic rings. The third kappa shape index (κ3) is 3.75. The molecule has 0 aromatic heterocycles. The maximum Gasteiger partial charge on any atom is 0.329 e. The van der Waals surface area contributed by atoms with Crippen molar-refractivity contribution in [1.82, 2.24) is 4.90 Å². The maximum absolute atomic E-state index is 13.4. The van der Waals surface area contributed by atoms with E-state index in [1.807, 2.05) is 6.92 Å². The van der Waals surface area contributed by atoms with Crippen LogP contribution in [0.15, 0.2) is 36.4 Å². The van der Waals surface area contributed by atoms with Gasteiger partial charge in [0.05, 0.1) is 11.8 Å². The molecule has 1 N–H and O–H groups in total. The summed E-state index contributed by atoms with van der Waals surface area (Å²) in [5.74, 6) is -1.95. The number of hydrogen-bond acceptors (Lipinski definition) is 5. The summed E-state index contributed by atoms with van der Waals surface area (Å²) in [5.41, 5.74) is 0.371. The third-order valence-corrected chi connectivity index (χ3v) is 7.59. The molecule has 7 nitrogen and oxygen atoms in total. The van der Waals surface area contributed by atoms with Crippen molar-refractivity contribution in [3.63, 3.8) is 0 Å². The summed E-state index contributed by atoms with van der Waals surface area (Å²) >= 11 is 0. The number of imide groups is 1. The van der Waals surface area contributed by atoms with Crippen molar-refractivity contribution in [1.29, 1.82) is 0 Å². The molecule has 1 heterocycles. The van der Waals surface area contributed by atoms with Crippen LogP contribution in [0.4, 0.5) is 10.1 Å². The Hall–Kier alpha value is -3.03. The molecule has 1 aromatic carbocycles. The monoisotopic (exact) mass is 454 g/mol. The molecule has 4 aliphatic carbocycles. The van der Waals surface area contributed by atoms with E-state index in [0.29, 0.717) is 30.4 Å². The zero-order valence-corrected chi connectivity index (χ0v) is 18.4. The number of allylic oxidation sites excluding steroid dienone is 2. The van der Waals surface area contributed by atoms with Crippen molar-refractivity contribution in [3.05, 3.63) is 42.2 Å². The Labute approximate surface area is 191 Å². The second-order valence-electron chi connectivity index (χ2n) is 9.52. The first-order valence-corrected chi connectivity index (χ1v) is 11.7. The molecule has 1 saturated heterocycles. The summed E-state index contributed by atoms with van der Waals surface area (Å²) in [6, 6.07) is 4.19. The number of hydrogen-bond donors (Lipinski definition) is 1. The van der Waals surface area contributed by atoms with E-state index in [2.05, 4.69) is 17.5 Å². The predicted octanol–water partition coefficient (Wildman–Crippen LogP) is 2.92. The van der Waals surface area contributed by atoms with Gasteiger partial charge in [0.2, 0.25) is 11.8 Å². The minimum Gasteiger partial charge on any atom is -0.454 e. The van der Waals surface area contributed by atoms with Crippen molar-refractivity contribution in [2.45, 2.75) is 38.6 Å². The Morgan fingerprint density at radius 1 is 1.09 bits per heavy atom. The van der Waals surface area contributed by atoms with Gasteiger partial charge in [-0.1, -0.05) is 31.9 Å². The maximum atomic E-state index is 13.4. The molecule has 0 unspecified atom stereocenters. The molecule has 33 heavy (non-hydrogen) atoms. The van der Waals surface area contributed by atoms with E-state index >= 15 is 0 Å². The number of unbranched alkanes of at least 4 members (excludes halogenated alkanes) is 1. The molecule has 2 saturated carbocycles. The van der Waals surface area contributed by atoms with E-state index in [1.165, 1.54) is 24.3 Å². The summed E-state index contributed by atoms with van der Waals surface area (Å²) in [7, 11) is 0. The lowest BCUT2D eigenvalue weighted by atomic mass is 9.63. The third-order valence-electron chi connectivity index (χ3n) is 7.59. The average Bonchev–Trinajstić information content (AvgIpc) is 3.59. The number of anilines is 1. The number of nitrogens with one attached hydrogen (secondary N) is 1. The molecular formula is C25H27FN2O5. The van der Waals surface area contributed by atoms with Crippen molar-refractivity contribution < 1.29 is 28.3 Å². The Morgan fingerprint density at radius 3 is 2.27 bits per heavy atom. The van der Waals surface area contributed by atoms with Gasteiger partial charge in [0.15, 0.2) is 6.61 Å². The summed E-state index contributed by atoms with van der Waals surface area (Å²) in [5, 5.41) is 2.53. The van der Waals surface area contributed by atoms with Crippen LogP contribution in [0.25, 0.3) is 0 Å². The Balaban J connectivity index is 1.27. The van der Waals surface area contributed by atoms with Crippen LogP contribution in [0.1, 0.15) is 32.6 Å². The van der Waals surface area contributed by atoms with Gasteiger partial charge in [-0.25, -0.2) is 9.18 Å². The number of amides is 3. The average molecular weight is 454 g/mol. The van der Waals surface area contributed by atoms with Gasteiger partial charge in [-0.05, 0) is 60.8 Å². The second-order valence-corrected chi connectivity index (χ2v) is 9.52. The van der Waals surface area contributed by atoms with Gasteiger partial charge in [-0.2, -0.15) is 0 Å². The number of esters is 1. The lowest BCUT2D eigenvalue weighted by Gasteiger charge is -2.37. The number of rotatable bonds is 8. The lowest BCUT2D eigenvalue weighted by Crippen LogP contribution is -2.47. The predicted molar refractivity (Wildman–Crippen MR) is 116 cm³/mol. The van der Waals surface area contributed by atoms with Gasteiger partial charge in [0.1, 0.15) is 11.9 Å². The highest BCUT2D eigenvalue weighted by molar-refractivity contribution is 6.09. The standard InChI is InChI=1S/C25H27FN2O5/c1-2-3-4-19(25(32)33-12-20(29)27-14-7-5-13(26)6-8-14)28-23(30)21-15-9-10-16(18-11-17(15)18)22(21)24(28)31/h5-10,15-19,21-22H,2-4,11-12H2,1H3,(H,27,29)/t15-,16-,17-,18-,19+,21+,22+/m1/s1. The fourth-order valence-electron chi connectivity index (χ4n) is 6.00. The van der Waals surface area contributed by atoms with Gasteiger partial charge in [0, 0.05) is 5.69 Å². The van der Waals surface area contributed by atoms with Gasteiger partial charge in [-0.3, -0.25) is 19.3 Å². The molecule has 3 fully saturated rings. The van der Waals surface area contributed by atoms with E-state index < -0.39 is 30.3 Å². The van der Waals surface area contributed by atoms with Crippen molar-refractivity contribution in [3.8, 4) is 0 Å². The summed E-state index contributed by atoms with van der Waals surface area (Å²) in [6.45, 7) is 1.41. The van der Waals surface area contributed by atoms with E-state index in [-0.39, 0.29) is 35.5 Å². The van der Waals surface area contributed by atoms with Crippen LogP contribution in [-0.2, 0) is 23.9 Å². The molecule has 1 aromatic rings. The molecule has 6 rings (SSSR count). The first kappa shape index (κ1) is 21.8. The van der Waals surface area contributed by atoms with E-state index in [1.54, 1.807) is 0 Å². The molecule has 2 bridgehead atoms. The number of carbonyl (C=O) groups is 4. The first-order valence-electron chi connectivity index (χ1n) is 11.7. The number of benzene rings is 1. The summed E-state index contributed by atoms with van der Waals surface area (Å²) < 4.78 is 18.3. The van der Waals surface area contributed by atoms with Gasteiger partial charge in [0.25, 0.3) is 5.91 Å². The van der Waals surface area contributed by atoms with Crippen molar-refractivity contribution >= 4 is 29.4 Å². The highest BCUT2D eigenvalue weighted by Gasteiger charge is 2.67. The normalized spacial score (nSPS) is 31.8. The van der Waals surface area contributed by atoms with E-state index in [0.717, 1.165) is 17.7 Å². The molecule has 7 atom stereocenters. The summed E-state index contributed by atoms with van der Waals surface area (Å²) in [4.78, 5) is 53.1. The number of nitrogens with zero attached hydrogens (tertiary/aromatic N) is 1. The minimum atomic E-state index is -1.02. The fourth-order valence-corrected chi connectivity index (χ4v) is 6.00. The lowest BCUT2D eigenvalue weighted by molar-refractivity contribution is -0.160. The van der Waals surface area contributed by atoms with Crippen molar-refractivity contribution in [2.75, 3.05) is 11.9 Å². The number of ether oxygens (including phenoxy) is 1. The molecule has 8 heteroatoms. The van der Waals surface area contributed by atoms with Gasteiger partial charge in [-0.15, -0.1) is 0 Å². The first-order chi connectivity index (χ1) is 15.9. The summed E-state index contributed by atoms with van der Waals surface area (Å²) in [6.07, 6.45) is 6.99. The second kappa shape index (κ2) is 8.39. The highest BCUT2D eigenvalue weighted by atomic mass is 19.1. The zero-order chi connectivity index (χ0) is 23.3. The fraction of sp³-hybridized carbons (Fsp3) is 0.520. The Bertz CT molecular complexity index is 986. The highest BCUT2D eigenvalue weighted by Crippen LogP contribution is 2.65. The molecule has 0 radical (unpaired) electrons. The number of halogens is 1. The SMILES string of the molecule is CCCC[C@@H](C(=O)OCC(=O)Nc1ccc(F)cc1)N1C(=O)[C@H]2[C@@H]3C=C[C@H]([C@H]4C[C@H]34)[C@@H]2C1=O. The van der Waals surface area contributed by atoms with Gasteiger partial charge < -0.3 is 10.1 Å². The van der Waals surface area contributed by atoms with Gasteiger partial charge >= 0.3 is 5.97 Å². The number of likely N-dealkylation sites (tertiary alicyclic amines) is 1. The minimum absolute atomic E-state index is 0.0794. The molecule has 1 aliphatic heterocycles. The molecule has 3 amide bonds. The molecule has 0 spiro atoms. The number of carbonyl (C=O) groups excluding carboxylic acids is 4. The molecular weight excluding hydrogens is 427 g/mol. The Kier molecular flexibility index (Phi) is 5.54. The zero-order valence-electron chi connectivity index (χ0n) is 18.4. The Morgan fingerprint density at radius 2 is 1.70 bits per heavy atom. The van der Waals surface area contributed by atoms with E-state index in [9.17, 15) is 23.6 Å². The quantitative estimate of drug-likeness (QED) is 0.370. The van der Waals surface area contributed by atoms with Crippen LogP contribution in [0.2, 0.25) is 0 Å². The van der Waals surface area contributed by atoms with Crippen LogP contribution >= 0.6 is 0 Å². The van der Waals surface area contributed by atoms with Crippen LogP contribution in [0.3, 0.4) is 0 Å². The smallest absolute Gasteiger partial charge is 0.329 e. The molecule has 174 valence electrons. The van der Waals surface area contributed by atoms with Crippen LogP contribution in [0, 0.1) is 41.3 Å². The topological polar surface area (TPSA) is 92.8 Å².